The molecule has 0 bridgehead atoms. The van der Waals surface area contributed by atoms with E-state index in [1.165, 1.54) is 0 Å². The molecular weight excluding hydrogens is 308 g/mol. The van der Waals surface area contributed by atoms with Gasteiger partial charge in [-0.2, -0.15) is 4.98 Å². The number of hydrogen-bond donors (Lipinski definition) is 2. The Bertz CT molecular complexity index is 673. The van der Waals surface area contributed by atoms with E-state index in [0.29, 0.717) is 31.3 Å². The van der Waals surface area contributed by atoms with E-state index in [1.807, 2.05) is 37.3 Å². The van der Waals surface area contributed by atoms with Gasteiger partial charge < -0.3 is 19.8 Å². The topological polar surface area (TPSA) is 91.5 Å². The summed E-state index contributed by atoms with van der Waals surface area (Å²) in [6.07, 6.45) is 1.16. The molecule has 1 saturated heterocycles. The highest BCUT2D eigenvalue weighted by atomic mass is 16.5. The second kappa shape index (κ2) is 7.44. The number of carbonyl (C=O) groups excluding carboxylic acids is 1. The molecule has 0 spiro atoms. The zero-order valence-electron chi connectivity index (χ0n) is 13.7. The van der Waals surface area contributed by atoms with Crippen molar-refractivity contribution in [1.82, 2.24) is 20.4 Å². The van der Waals surface area contributed by atoms with Crippen molar-refractivity contribution < 1.29 is 14.4 Å². The molecule has 7 heteroatoms. The van der Waals surface area contributed by atoms with Crippen LogP contribution >= 0.6 is 0 Å². The Hall–Kier alpha value is -2.41. The zero-order valence-corrected chi connectivity index (χ0v) is 13.7. The maximum absolute atomic E-state index is 12.1. The Morgan fingerprint density at radius 3 is 3.00 bits per heavy atom. The van der Waals surface area contributed by atoms with Crippen molar-refractivity contribution in [1.29, 1.82) is 0 Å². The number of aliphatic hydroxyl groups is 1. The minimum absolute atomic E-state index is 0.0892. The maximum Gasteiger partial charge on any atom is 0.317 e. The second-order valence-electron chi connectivity index (χ2n) is 6.15. The van der Waals surface area contributed by atoms with Gasteiger partial charge in [0.05, 0.1) is 12.0 Å². The first-order valence-corrected chi connectivity index (χ1v) is 8.23. The number of rotatable bonds is 4. The van der Waals surface area contributed by atoms with Crippen LogP contribution in [0.25, 0.3) is 11.4 Å². The summed E-state index contributed by atoms with van der Waals surface area (Å²) in [5.41, 5.74) is 0.894. The normalized spacial score (nSPS) is 19.1. The summed E-state index contributed by atoms with van der Waals surface area (Å²) in [7, 11) is 0. The lowest BCUT2D eigenvalue weighted by Gasteiger charge is -2.30. The third-order valence-corrected chi connectivity index (χ3v) is 4.14. The number of carbonyl (C=O) groups is 1. The molecule has 2 aromatic rings. The molecule has 2 amide bonds. The average molecular weight is 330 g/mol. The predicted molar refractivity (Wildman–Crippen MR) is 88.4 cm³/mol. The van der Waals surface area contributed by atoms with E-state index < -0.39 is 6.10 Å². The number of nitrogens with one attached hydrogen (secondary N) is 1. The largest absolute Gasteiger partial charge is 0.391 e. The molecule has 0 radical (unpaired) electrons. The molecule has 1 aromatic carbocycles. The van der Waals surface area contributed by atoms with E-state index >= 15 is 0 Å². The number of β-amino-alcohol motifs (C(OH)–C–C–N with tert-alkyl or cyclic N) is 1. The fourth-order valence-corrected chi connectivity index (χ4v) is 2.72. The fourth-order valence-electron chi connectivity index (χ4n) is 2.72. The van der Waals surface area contributed by atoms with E-state index in [0.717, 1.165) is 18.4 Å². The Labute approximate surface area is 140 Å². The molecule has 0 saturated carbocycles. The van der Waals surface area contributed by atoms with E-state index in [9.17, 15) is 9.90 Å². The molecule has 3 rings (SSSR count). The Morgan fingerprint density at radius 1 is 1.46 bits per heavy atom. The first kappa shape index (κ1) is 16.4. The van der Waals surface area contributed by atoms with Crippen molar-refractivity contribution >= 4 is 6.03 Å². The molecule has 2 atom stereocenters. The zero-order chi connectivity index (χ0) is 16.9. The lowest BCUT2D eigenvalue weighted by Crippen LogP contribution is -2.47. The summed E-state index contributed by atoms with van der Waals surface area (Å²) >= 11 is 0. The highest BCUT2D eigenvalue weighted by molar-refractivity contribution is 5.74. The number of amides is 2. The van der Waals surface area contributed by atoms with Crippen molar-refractivity contribution in [3.05, 3.63) is 36.2 Å². The summed E-state index contributed by atoms with van der Waals surface area (Å²) in [5, 5.41) is 16.5. The summed E-state index contributed by atoms with van der Waals surface area (Å²) < 4.78 is 5.31. The van der Waals surface area contributed by atoms with Crippen LogP contribution in [-0.4, -0.2) is 51.9 Å². The van der Waals surface area contributed by atoms with Crippen LogP contribution in [0, 0.1) is 0 Å². The average Bonchev–Trinajstić information content (AvgIpc) is 3.10. The van der Waals surface area contributed by atoms with E-state index in [2.05, 4.69) is 15.5 Å². The molecule has 24 heavy (non-hydrogen) atoms. The molecule has 0 aliphatic carbocycles. The minimum Gasteiger partial charge on any atom is -0.391 e. The number of nitrogens with zero attached hydrogens (tertiary/aromatic N) is 3. The quantitative estimate of drug-likeness (QED) is 0.895. The third-order valence-electron chi connectivity index (χ3n) is 4.14. The van der Waals surface area contributed by atoms with Crippen molar-refractivity contribution in [2.24, 2.45) is 0 Å². The number of likely N-dealkylation sites (tertiary alicyclic amines) is 1. The van der Waals surface area contributed by atoms with Crippen LogP contribution in [0.15, 0.2) is 34.9 Å². The van der Waals surface area contributed by atoms with Crippen LogP contribution in [0.5, 0.6) is 0 Å². The highest BCUT2D eigenvalue weighted by Crippen LogP contribution is 2.19. The summed E-state index contributed by atoms with van der Waals surface area (Å²) in [4.78, 5) is 18.2. The minimum atomic E-state index is -0.425. The van der Waals surface area contributed by atoms with Gasteiger partial charge >= 0.3 is 6.03 Å². The van der Waals surface area contributed by atoms with Gasteiger partial charge in [0.15, 0.2) is 0 Å². The first-order valence-electron chi connectivity index (χ1n) is 8.23. The molecule has 128 valence electrons. The first-order chi connectivity index (χ1) is 11.6. The van der Waals surface area contributed by atoms with E-state index in [1.54, 1.807) is 4.90 Å². The van der Waals surface area contributed by atoms with Crippen LogP contribution in [-0.2, 0) is 0 Å². The van der Waals surface area contributed by atoms with E-state index in [4.69, 9.17) is 4.52 Å². The van der Waals surface area contributed by atoms with Gasteiger partial charge in [0.25, 0.3) is 0 Å². The third kappa shape index (κ3) is 3.91. The predicted octanol–water partition coefficient (Wildman–Crippen LogP) is 2.01. The fraction of sp³-hybridized carbons (Fsp3) is 0.471. The summed E-state index contributed by atoms with van der Waals surface area (Å²) in [5.74, 6) is 0.949. The number of aromatic nitrogens is 2. The van der Waals surface area contributed by atoms with Crippen LogP contribution < -0.4 is 5.32 Å². The van der Waals surface area contributed by atoms with Crippen molar-refractivity contribution in [2.45, 2.75) is 31.8 Å². The van der Waals surface area contributed by atoms with Gasteiger partial charge in [-0.15, -0.1) is 0 Å². The van der Waals surface area contributed by atoms with E-state index in [-0.39, 0.29) is 11.9 Å². The van der Waals surface area contributed by atoms with Gasteiger partial charge in [0.2, 0.25) is 11.7 Å². The van der Waals surface area contributed by atoms with Gasteiger partial charge in [-0.25, -0.2) is 4.79 Å². The van der Waals surface area contributed by atoms with Gasteiger partial charge in [0.1, 0.15) is 0 Å². The van der Waals surface area contributed by atoms with Gasteiger partial charge in [-0.3, -0.25) is 0 Å². The Balaban J connectivity index is 1.54. The number of hydrogen-bond acceptors (Lipinski definition) is 5. The number of aliphatic hydroxyl groups excluding tert-OH is 1. The van der Waals surface area contributed by atoms with Crippen molar-refractivity contribution in [3.63, 3.8) is 0 Å². The molecule has 2 N–H and O–H groups in total. The van der Waals surface area contributed by atoms with Gasteiger partial charge in [0, 0.05) is 25.2 Å². The monoisotopic (exact) mass is 330 g/mol. The van der Waals surface area contributed by atoms with Gasteiger partial charge in [-0.1, -0.05) is 42.4 Å². The van der Waals surface area contributed by atoms with Crippen molar-refractivity contribution in [2.75, 3.05) is 19.6 Å². The number of urea groups is 1. The Morgan fingerprint density at radius 2 is 2.25 bits per heavy atom. The number of piperidine rings is 1. The van der Waals surface area contributed by atoms with Gasteiger partial charge in [-0.05, 0) is 12.8 Å². The van der Waals surface area contributed by atoms with Crippen LogP contribution in [0.4, 0.5) is 4.79 Å². The second-order valence-corrected chi connectivity index (χ2v) is 6.15. The molecule has 1 aliphatic heterocycles. The molecule has 7 nitrogen and oxygen atoms in total. The highest BCUT2D eigenvalue weighted by Gasteiger charge is 2.23. The molecule has 2 heterocycles. The Kier molecular flexibility index (Phi) is 5.10. The molecule has 1 fully saturated rings. The van der Waals surface area contributed by atoms with Crippen LogP contribution in [0.2, 0.25) is 0 Å². The molecule has 1 aliphatic rings. The lowest BCUT2D eigenvalue weighted by molar-refractivity contribution is 0.0841. The van der Waals surface area contributed by atoms with Crippen LogP contribution in [0.3, 0.4) is 0 Å². The lowest BCUT2D eigenvalue weighted by atomic mass is 10.1. The molecule has 2 unspecified atom stereocenters. The van der Waals surface area contributed by atoms with Crippen molar-refractivity contribution in [3.8, 4) is 11.4 Å². The maximum atomic E-state index is 12.1. The van der Waals surface area contributed by atoms with Crippen LogP contribution in [0.1, 0.15) is 31.6 Å². The summed E-state index contributed by atoms with van der Waals surface area (Å²) in [6, 6.07) is 9.44. The SMILES string of the molecule is CC(CNC(=O)N1CCCC(O)C1)c1nc(-c2ccccc2)no1. The smallest absolute Gasteiger partial charge is 0.317 e. The summed E-state index contributed by atoms with van der Waals surface area (Å²) in [6.45, 7) is 3.39. The molecular formula is C17H22N4O3. The number of benzene rings is 1. The standard InChI is InChI=1S/C17H22N4O3/c1-12(10-18-17(23)21-9-5-8-14(22)11-21)16-19-15(20-24-16)13-6-3-2-4-7-13/h2-4,6-7,12,14,22H,5,8-11H2,1H3,(H,18,23). The molecule has 1 aromatic heterocycles.